The maximum Gasteiger partial charge on any atom is 0.319 e. The van der Waals surface area contributed by atoms with Gasteiger partial charge in [0.2, 0.25) is 0 Å². The van der Waals surface area contributed by atoms with Crippen LogP contribution in [0, 0.1) is 0 Å². The lowest BCUT2D eigenvalue weighted by atomic mass is 10.2. The van der Waals surface area contributed by atoms with Crippen LogP contribution >= 0.6 is 11.6 Å². The van der Waals surface area contributed by atoms with E-state index < -0.39 is 0 Å². The molecule has 2 N–H and O–H groups in total. The van der Waals surface area contributed by atoms with E-state index in [-0.39, 0.29) is 6.03 Å². The zero-order valence-corrected chi connectivity index (χ0v) is 15.0. The third-order valence-electron chi connectivity index (χ3n) is 4.09. The largest absolute Gasteiger partial charge is 0.334 e. The highest BCUT2D eigenvalue weighted by molar-refractivity contribution is 6.34. The molecular formula is C20H16ClN5O. The van der Waals surface area contributed by atoms with Crippen LogP contribution in [-0.4, -0.2) is 20.8 Å². The standard InChI is InChI=1S/C20H16ClN5O/c21-19-17-5-1-2-6-18(17)26(25-19)16-9-7-15(8-10-16)24-20(27)23-13-14-4-3-11-22-12-14/h1-12H,13H2,(H2,23,24,27). The molecule has 7 heteroatoms. The van der Waals surface area contributed by atoms with E-state index >= 15 is 0 Å². The lowest BCUT2D eigenvalue weighted by Crippen LogP contribution is -2.28. The van der Waals surface area contributed by atoms with Gasteiger partial charge in [-0.15, -0.1) is 0 Å². The topological polar surface area (TPSA) is 71.8 Å². The SMILES string of the molecule is O=C(NCc1cccnc1)Nc1ccc(-n2nc(Cl)c3ccccc32)cc1. The van der Waals surface area contributed by atoms with Crippen molar-refractivity contribution >= 4 is 34.2 Å². The summed E-state index contributed by atoms with van der Waals surface area (Å²) in [5.74, 6) is 0. The predicted molar refractivity (Wildman–Crippen MR) is 106 cm³/mol. The number of hydrogen-bond donors (Lipinski definition) is 2. The molecule has 0 saturated carbocycles. The Balaban J connectivity index is 1.45. The number of fused-ring (bicyclic) bond motifs is 1. The summed E-state index contributed by atoms with van der Waals surface area (Å²) in [5, 5.41) is 11.4. The van der Waals surface area contributed by atoms with E-state index in [1.807, 2.05) is 60.7 Å². The molecule has 2 amide bonds. The number of halogens is 1. The molecule has 6 nitrogen and oxygen atoms in total. The zero-order chi connectivity index (χ0) is 18.6. The smallest absolute Gasteiger partial charge is 0.319 e. The van der Waals surface area contributed by atoms with Gasteiger partial charge in [-0.1, -0.05) is 29.8 Å². The third-order valence-corrected chi connectivity index (χ3v) is 4.37. The number of para-hydroxylation sites is 1. The van der Waals surface area contributed by atoms with Gasteiger partial charge in [-0.3, -0.25) is 4.98 Å². The fourth-order valence-electron chi connectivity index (χ4n) is 2.77. The molecule has 4 aromatic rings. The average molecular weight is 378 g/mol. The number of amides is 2. The first kappa shape index (κ1) is 17.1. The molecule has 2 aromatic carbocycles. The van der Waals surface area contributed by atoms with Gasteiger partial charge in [0, 0.05) is 30.0 Å². The molecule has 27 heavy (non-hydrogen) atoms. The monoisotopic (exact) mass is 377 g/mol. The molecule has 4 rings (SSSR count). The Kier molecular flexibility index (Phi) is 4.72. The van der Waals surface area contributed by atoms with Crippen LogP contribution in [0.3, 0.4) is 0 Å². The number of hydrogen-bond acceptors (Lipinski definition) is 3. The van der Waals surface area contributed by atoms with Gasteiger partial charge in [-0.05, 0) is 48.0 Å². The number of anilines is 1. The summed E-state index contributed by atoms with van der Waals surface area (Å²) in [5.41, 5.74) is 3.41. The van der Waals surface area contributed by atoms with Crippen molar-refractivity contribution in [3.05, 3.63) is 83.8 Å². The molecule has 2 heterocycles. The maximum absolute atomic E-state index is 12.0. The molecule has 0 aliphatic heterocycles. The van der Waals surface area contributed by atoms with Gasteiger partial charge in [-0.2, -0.15) is 5.10 Å². The average Bonchev–Trinajstić information content (AvgIpc) is 3.05. The number of carbonyl (C=O) groups is 1. The van der Waals surface area contributed by atoms with E-state index in [4.69, 9.17) is 11.6 Å². The van der Waals surface area contributed by atoms with Crippen molar-refractivity contribution < 1.29 is 4.79 Å². The highest BCUT2D eigenvalue weighted by Gasteiger charge is 2.10. The quantitative estimate of drug-likeness (QED) is 0.553. The number of rotatable bonds is 4. The van der Waals surface area contributed by atoms with Crippen LogP contribution < -0.4 is 10.6 Å². The zero-order valence-electron chi connectivity index (χ0n) is 14.3. The van der Waals surface area contributed by atoms with Gasteiger partial charge in [0.1, 0.15) is 0 Å². The van der Waals surface area contributed by atoms with Crippen molar-refractivity contribution in [3.63, 3.8) is 0 Å². The van der Waals surface area contributed by atoms with Crippen LogP contribution in [0.15, 0.2) is 73.1 Å². The first-order chi connectivity index (χ1) is 13.2. The number of carbonyl (C=O) groups excluding carboxylic acids is 1. The first-order valence-electron chi connectivity index (χ1n) is 8.38. The fraction of sp³-hybridized carbons (Fsp3) is 0.0500. The lowest BCUT2D eigenvalue weighted by Gasteiger charge is -2.09. The number of urea groups is 1. The second-order valence-electron chi connectivity index (χ2n) is 5.94. The Bertz CT molecular complexity index is 1080. The predicted octanol–water partition coefficient (Wildman–Crippen LogP) is 4.40. The summed E-state index contributed by atoms with van der Waals surface area (Å²) in [4.78, 5) is 16.1. The Morgan fingerprint density at radius 2 is 1.85 bits per heavy atom. The van der Waals surface area contributed by atoms with E-state index in [2.05, 4.69) is 20.7 Å². The van der Waals surface area contributed by atoms with Crippen molar-refractivity contribution in [2.45, 2.75) is 6.54 Å². The van der Waals surface area contributed by atoms with E-state index in [1.165, 1.54) is 0 Å². The summed E-state index contributed by atoms with van der Waals surface area (Å²) in [6.45, 7) is 0.412. The highest BCUT2D eigenvalue weighted by Crippen LogP contribution is 2.25. The van der Waals surface area contributed by atoms with E-state index in [9.17, 15) is 4.79 Å². The first-order valence-corrected chi connectivity index (χ1v) is 8.76. The molecule has 0 saturated heterocycles. The maximum atomic E-state index is 12.0. The van der Waals surface area contributed by atoms with Gasteiger partial charge < -0.3 is 10.6 Å². The number of nitrogens with one attached hydrogen (secondary N) is 2. The molecule has 134 valence electrons. The van der Waals surface area contributed by atoms with Crippen molar-refractivity contribution in [2.24, 2.45) is 0 Å². The Labute approximate surface area is 160 Å². The number of nitrogens with zero attached hydrogens (tertiary/aromatic N) is 3. The fourth-order valence-corrected chi connectivity index (χ4v) is 3.01. The molecule has 0 radical (unpaired) electrons. The van der Waals surface area contributed by atoms with Crippen molar-refractivity contribution in [3.8, 4) is 5.69 Å². The molecule has 0 spiro atoms. The number of pyridine rings is 1. The highest BCUT2D eigenvalue weighted by atomic mass is 35.5. The third kappa shape index (κ3) is 3.75. The minimum Gasteiger partial charge on any atom is -0.334 e. The van der Waals surface area contributed by atoms with Crippen molar-refractivity contribution in [1.82, 2.24) is 20.1 Å². The van der Waals surface area contributed by atoms with Crippen LogP contribution in [0.2, 0.25) is 5.15 Å². The van der Waals surface area contributed by atoms with Gasteiger partial charge in [0.05, 0.1) is 11.2 Å². The lowest BCUT2D eigenvalue weighted by molar-refractivity contribution is 0.251. The van der Waals surface area contributed by atoms with Crippen molar-refractivity contribution in [2.75, 3.05) is 5.32 Å². The van der Waals surface area contributed by atoms with Gasteiger partial charge in [-0.25, -0.2) is 9.48 Å². The number of aromatic nitrogens is 3. The second-order valence-corrected chi connectivity index (χ2v) is 6.29. The van der Waals surface area contributed by atoms with E-state index in [1.54, 1.807) is 17.1 Å². The van der Waals surface area contributed by atoms with Gasteiger partial charge >= 0.3 is 6.03 Å². The van der Waals surface area contributed by atoms with E-state index in [0.29, 0.717) is 17.4 Å². The molecule has 0 unspecified atom stereocenters. The van der Waals surface area contributed by atoms with Crippen LogP contribution in [0.5, 0.6) is 0 Å². The minimum atomic E-state index is -0.279. The molecule has 0 atom stereocenters. The number of benzene rings is 2. The second kappa shape index (κ2) is 7.47. The van der Waals surface area contributed by atoms with Crippen LogP contribution in [0.4, 0.5) is 10.5 Å². The molecular weight excluding hydrogens is 362 g/mol. The minimum absolute atomic E-state index is 0.279. The summed E-state index contributed by atoms with van der Waals surface area (Å²) < 4.78 is 1.78. The van der Waals surface area contributed by atoms with Gasteiger partial charge in [0.15, 0.2) is 5.15 Å². The summed E-state index contributed by atoms with van der Waals surface area (Å²) in [6, 6.07) is 18.6. The molecule has 0 aliphatic rings. The van der Waals surface area contributed by atoms with Crippen LogP contribution in [0.25, 0.3) is 16.6 Å². The molecule has 0 aliphatic carbocycles. The summed E-state index contributed by atoms with van der Waals surface area (Å²) in [7, 11) is 0. The molecule has 0 bridgehead atoms. The summed E-state index contributed by atoms with van der Waals surface area (Å²) >= 11 is 6.21. The van der Waals surface area contributed by atoms with E-state index in [0.717, 1.165) is 22.2 Å². The van der Waals surface area contributed by atoms with Crippen LogP contribution in [0.1, 0.15) is 5.56 Å². The summed E-state index contributed by atoms with van der Waals surface area (Å²) in [6.07, 6.45) is 3.41. The Morgan fingerprint density at radius 3 is 2.63 bits per heavy atom. The molecule has 2 aromatic heterocycles. The van der Waals surface area contributed by atoms with Gasteiger partial charge in [0.25, 0.3) is 0 Å². The van der Waals surface area contributed by atoms with Crippen molar-refractivity contribution in [1.29, 1.82) is 0 Å². The Hall–Kier alpha value is -3.38. The van der Waals surface area contributed by atoms with Crippen LogP contribution in [-0.2, 0) is 6.54 Å². The normalized spacial score (nSPS) is 10.7. The molecule has 0 fully saturated rings. The Morgan fingerprint density at radius 1 is 1.04 bits per heavy atom.